The fourth-order valence-corrected chi connectivity index (χ4v) is 3.91. The van der Waals surface area contributed by atoms with E-state index in [0.29, 0.717) is 31.3 Å². The molecule has 1 aromatic carbocycles. The zero-order valence-corrected chi connectivity index (χ0v) is 16.9. The van der Waals surface area contributed by atoms with E-state index >= 15 is 0 Å². The van der Waals surface area contributed by atoms with Gasteiger partial charge < -0.3 is 9.88 Å². The average Bonchev–Trinajstić information content (AvgIpc) is 3.28. The molecule has 3 aromatic rings. The van der Waals surface area contributed by atoms with Crippen LogP contribution < -0.4 is 5.32 Å². The van der Waals surface area contributed by atoms with Gasteiger partial charge in [-0.25, -0.2) is 22.8 Å². The number of hydrogen-bond acceptors (Lipinski definition) is 4. The van der Waals surface area contributed by atoms with Gasteiger partial charge in [0.15, 0.2) is 17.5 Å². The van der Waals surface area contributed by atoms with Gasteiger partial charge in [0.25, 0.3) is 0 Å². The molecule has 1 aliphatic heterocycles. The van der Waals surface area contributed by atoms with Crippen LogP contribution in [-0.4, -0.2) is 30.9 Å². The van der Waals surface area contributed by atoms with Gasteiger partial charge in [-0.2, -0.15) is 4.98 Å². The number of nitrogens with one attached hydrogen (secondary N) is 1. The van der Waals surface area contributed by atoms with E-state index in [9.17, 15) is 13.2 Å². The lowest BCUT2D eigenvalue weighted by atomic mass is 9.93. The first kappa shape index (κ1) is 20.4. The van der Waals surface area contributed by atoms with Gasteiger partial charge in [-0.1, -0.05) is 12.5 Å². The number of aryl methyl sites for hydroxylation is 3. The van der Waals surface area contributed by atoms with E-state index in [-0.39, 0.29) is 5.56 Å². The predicted octanol–water partition coefficient (Wildman–Crippen LogP) is 4.41. The molecule has 1 atom stereocenters. The maximum atomic E-state index is 14.4. The molecule has 1 aliphatic rings. The van der Waals surface area contributed by atoms with Crippen LogP contribution in [0.2, 0.25) is 0 Å². The number of imidazole rings is 1. The highest BCUT2D eigenvalue weighted by molar-refractivity contribution is 5.32. The Labute approximate surface area is 173 Å². The first-order valence-electron chi connectivity index (χ1n) is 10.3. The predicted molar refractivity (Wildman–Crippen MR) is 107 cm³/mol. The summed E-state index contributed by atoms with van der Waals surface area (Å²) in [5.74, 6) is -3.13. The second-order valence-electron chi connectivity index (χ2n) is 7.72. The van der Waals surface area contributed by atoms with Crippen molar-refractivity contribution in [2.24, 2.45) is 0 Å². The van der Waals surface area contributed by atoms with Gasteiger partial charge in [0.1, 0.15) is 5.82 Å². The number of benzene rings is 1. The lowest BCUT2D eigenvalue weighted by molar-refractivity contribution is 0.435. The summed E-state index contributed by atoms with van der Waals surface area (Å²) in [7, 11) is 0. The largest absolute Gasteiger partial charge is 0.353 e. The molecule has 0 saturated carbocycles. The molecule has 0 aliphatic carbocycles. The van der Waals surface area contributed by atoms with E-state index in [1.54, 1.807) is 4.68 Å². The van der Waals surface area contributed by atoms with E-state index in [1.807, 2.05) is 19.4 Å². The first-order chi connectivity index (χ1) is 14.5. The van der Waals surface area contributed by atoms with E-state index in [2.05, 4.69) is 25.0 Å². The zero-order valence-electron chi connectivity index (χ0n) is 16.9. The summed E-state index contributed by atoms with van der Waals surface area (Å²) in [6.07, 6.45) is 8.09. The molecule has 30 heavy (non-hydrogen) atoms. The monoisotopic (exact) mass is 418 g/mol. The molecule has 0 radical (unpaired) electrons. The second-order valence-corrected chi connectivity index (χ2v) is 7.72. The van der Waals surface area contributed by atoms with Crippen LogP contribution in [0.3, 0.4) is 0 Å². The van der Waals surface area contributed by atoms with Crippen molar-refractivity contribution in [1.29, 1.82) is 0 Å². The Hall–Kier alpha value is -2.84. The van der Waals surface area contributed by atoms with E-state index in [4.69, 9.17) is 0 Å². The number of nitrogens with zero attached hydrogens (tertiary/aromatic N) is 5. The SMILES string of the molecule is Cc1cn(CCCCNc2nc3n(n2)CCCC[C@@H]3c2ccc(F)c(F)c2F)cn1. The molecule has 0 spiro atoms. The summed E-state index contributed by atoms with van der Waals surface area (Å²) in [5, 5.41) is 7.73. The Kier molecular flexibility index (Phi) is 6.06. The number of halogens is 3. The second kappa shape index (κ2) is 8.89. The lowest BCUT2D eigenvalue weighted by Gasteiger charge is -2.15. The van der Waals surface area contributed by atoms with Crippen molar-refractivity contribution < 1.29 is 13.2 Å². The maximum Gasteiger partial charge on any atom is 0.242 e. The van der Waals surface area contributed by atoms with Crippen molar-refractivity contribution in [3.63, 3.8) is 0 Å². The molecule has 1 N–H and O–H groups in total. The maximum absolute atomic E-state index is 14.4. The van der Waals surface area contributed by atoms with Crippen molar-refractivity contribution in [2.45, 2.75) is 58.0 Å². The standard InChI is InChI=1S/C21H25F3N6/c1-14-12-29(13-26-14)10-5-3-9-25-21-27-20-16(6-2-4-11-30(20)28-21)15-7-8-17(22)19(24)18(15)23/h7-8,12-13,16H,2-6,9-11H2,1H3,(H,25,28)/t16-/m1/s1. The molecule has 2 aromatic heterocycles. The highest BCUT2D eigenvalue weighted by Gasteiger charge is 2.28. The van der Waals surface area contributed by atoms with Crippen molar-refractivity contribution in [1.82, 2.24) is 24.3 Å². The Morgan fingerprint density at radius 2 is 2.00 bits per heavy atom. The van der Waals surface area contributed by atoms with Gasteiger partial charge in [-0.05, 0) is 38.7 Å². The lowest BCUT2D eigenvalue weighted by Crippen LogP contribution is -2.11. The molecule has 0 amide bonds. The van der Waals surface area contributed by atoms with Crippen molar-refractivity contribution in [3.8, 4) is 0 Å². The Morgan fingerprint density at radius 3 is 2.80 bits per heavy atom. The molecule has 3 heterocycles. The van der Waals surface area contributed by atoms with Crippen molar-refractivity contribution >= 4 is 5.95 Å². The van der Waals surface area contributed by atoms with Crippen LogP contribution in [-0.2, 0) is 13.1 Å². The normalized spacial score (nSPS) is 16.3. The van der Waals surface area contributed by atoms with Gasteiger partial charge >= 0.3 is 0 Å². The van der Waals surface area contributed by atoms with E-state index in [0.717, 1.165) is 44.0 Å². The summed E-state index contributed by atoms with van der Waals surface area (Å²) < 4.78 is 45.4. The Morgan fingerprint density at radius 1 is 1.13 bits per heavy atom. The average molecular weight is 418 g/mol. The van der Waals surface area contributed by atoms with Crippen LogP contribution in [0.25, 0.3) is 0 Å². The van der Waals surface area contributed by atoms with Gasteiger partial charge in [0, 0.05) is 37.3 Å². The topological polar surface area (TPSA) is 60.6 Å². The number of rotatable bonds is 7. The third kappa shape index (κ3) is 4.34. The first-order valence-corrected chi connectivity index (χ1v) is 10.3. The molecular weight excluding hydrogens is 393 g/mol. The van der Waals surface area contributed by atoms with Gasteiger partial charge in [-0.3, -0.25) is 0 Å². The smallest absolute Gasteiger partial charge is 0.242 e. The quantitative estimate of drug-likeness (QED) is 0.456. The minimum Gasteiger partial charge on any atom is -0.353 e. The number of unbranched alkanes of at least 4 members (excludes halogenated alkanes) is 1. The third-order valence-electron chi connectivity index (χ3n) is 5.45. The van der Waals surface area contributed by atoms with Gasteiger partial charge in [0.2, 0.25) is 5.95 Å². The van der Waals surface area contributed by atoms with Crippen LogP contribution in [0.15, 0.2) is 24.7 Å². The van der Waals surface area contributed by atoms with Gasteiger partial charge in [0.05, 0.1) is 12.0 Å². The molecule has 9 heteroatoms. The molecule has 4 rings (SSSR count). The highest BCUT2D eigenvalue weighted by atomic mass is 19.2. The van der Waals surface area contributed by atoms with E-state index in [1.165, 1.54) is 6.07 Å². The number of fused-ring (bicyclic) bond motifs is 1. The minimum absolute atomic E-state index is 0.131. The van der Waals surface area contributed by atoms with Crippen molar-refractivity contribution in [2.75, 3.05) is 11.9 Å². The Bertz CT molecular complexity index is 1010. The number of anilines is 1. The van der Waals surface area contributed by atoms with Crippen LogP contribution in [0.5, 0.6) is 0 Å². The summed E-state index contributed by atoms with van der Waals surface area (Å²) in [4.78, 5) is 8.77. The van der Waals surface area contributed by atoms with Crippen LogP contribution in [0, 0.1) is 24.4 Å². The molecule has 0 bridgehead atoms. The molecule has 6 nitrogen and oxygen atoms in total. The van der Waals surface area contributed by atoms with Gasteiger partial charge in [-0.15, -0.1) is 5.10 Å². The molecule has 0 saturated heterocycles. The van der Waals surface area contributed by atoms with Crippen LogP contribution >= 0.6 is 0 Å². The fourth-order valence-electron chi connectivity index (χ4n) is 3.91. The molecule has 160 valence electrons. The Balaban J connectivity index is 1.42. The highest BCUT2D eigenvalue weighted by Crippen LogP contribution is 2.34. The number of aromatic nitrogens is 5. The fraction of sp³-hybridized carbons (Fsp3) is 0.476. The van der Waals surface area contributed by atoms with Crippen molar-refractivity contribution in [3.05, 3.63) is 59.2 Å². The van der Waals surface area contributed by atoms with E-state index < -0.39 is 23.4 Å². The summed E-state index contributed by atoms with van der Waals surface area (Å²) in [6.45, 7) is 4.24. The number of hydrogen-bond donors (Lipinski definition) is 1. The molecule has 0 fully saturated rings. The third-order valence-corrected chi connectivity index (χ3v) is 5.45. The summed E-state index contributed by atoms with van der Waals surface area (Å²) in [5.41, 5.74) is 1.13. The van der Waals surface area contributed by atoms with Crippen LogP contribution in [0.1, 0.15) is 55.1 Å². The van der Waals surface area contributed by atoms with Crippen LogP contribution in [0.4, 0.5) is 19.1 Å². The zero-order chi connectivity index (χ0) is 21.1. The molecule has 0 unspecified atom stereocenters. The summed E-state index contributed by atoms with van der Waals surface area (Å²) >= 11 is 0. The summed E-state index contributed by atoms with van der Waals surface area (Å²) in [6, 6.07) is 2.29. The minimum atomic E-state index is -1.44. The molecular formula is C21H25F3N6.